The van der Waals surface area contributed by atoms with E-state index in [4.69, 9.17) is 5.73 Å². The number of nitrogens with one attached hydrogen (secondary N) is 2. The van der Waals surface area contributed by atoms with Crippen LogP contribution in [0.25, 0.3) is 11.2 Å². The van der Waals surface area contributed by atoms with Crippen LogP contribution in [0.5, 0.6) is 0 Å². The second-order valence-electron chi connectivity index (χ2n) is 4.64. The van der Waals surface area contributed by atoms with Gasteiger partial charge in [-0.2, -0.15) is 0 Å². The standard InChI is InChI=1S/C11H16N6/c12-5-11(3-1-2-4-11)17-10-8-9(14-6-13-8)15-7-16-10/h6-7H,1-5,12H2,(H2,13,14,15,16,17). The zero-order valence-electron chi connectivity index (χ0n) is 9.61. The predicted octanol–water partition coefficient (Wildman–Crippen LogP) is 1.04. The van der Waals surface area contributed by atoms with E-state index < -0.39 is 0 Å². The number of imidazole rings is 1. The van der Waals surface area contributed by atoms with Crippen molar-refractivity contribution in [3.63, 3.8) is 0 Å². The number of hydrogen-bond acceptors (Lipinski definition) is 5. The number of nitrogens with two attached hydrogens (primary N) is 1. The molecule has 6 nitrogen and oxygen atoms in total. The molecule has 0 bridgehead atoms. The summed E-state index contributed by atoms with van der Waals surface area (Å²) in [7, 11) is 0. The van der Waals surface area contributed by atoms with Gasteiger partial charge in [0, 0.05) is 6.54 Å². The highest BCUT2D eigenvalue weighted by Gasteiger charge is 2.33. The summed E-state index contributed by atoms with van der Waals surface area (Å²) in [6, 6.07) is 0. The van der Waals surface area contributed by atoms with Crippen LogP contribution >= 0.6 is 0 Å². The Balaban J connectivity index is 1.96. The average Bonchev–Trinajstić information content (AvgIpc) is 2.98. The summed E-state index contributed by atoms with van der Waals surface area (Å²) in [5.74, 6) is 0.805. The molecule has 90 valence electrons. The van der Waals surface area contributed by atoms with Gasteiger partial charge in [0.05, 0.1) is 11.9 Å². The van der Waals surface area contributed by atoms with E-state index in [1.54, 1.807) is 6.33 Å². The van der Waals surface area contributed by atoms with Gasteiger partial charge in [0.15, 0.2) is 11.5 Å². The molecular weight excluding hydrogens is 216 g/mol. The molecule has 1 saturated carbocycles. The van der Waals surface area contributed by atoms with E-state index in [1.165, 1.54) is 19.2 Å². The highest BCUT2D eigenvalue weighted by Crippen LogP contribution is 2.32. The Labute approximate surface area is 99.1 Å². The van der Waals surface area contributed by atoms with Crippen molar-refractivity contribution in [2.24, 2.45) is 5.73 Å². The molecule has 0 amide bonds. The molecule has 0 aliphatic heterocycles. The Bertz CT molecular complexity index is 513. The third kappa shape index (κ3) is 1.74. The number of H-pyrrole nitrogens is 1. The van der Waals surface area contributed by atoms with E-state index in [9.17, 15) is 0 Å². The lowest BCUT2D eigenvalue weighted by Gasteiger charge is -2.29. The van der Waals surface area contributed by atoms with Gasteiger partial charge in [-0.15, -0.1) is 0 Å². The number of anilines is 1. The van der Waals surface area contributed by atoms with Gasteiger partial charge in [0.2, 0.25) is 0 Å². The van der Waals surface area contributed by atoms with E-state index in [0.29, 0.717) is 12.2 Å². The largest absolute Gasteiger partial charge is 0.361 e. The van der Waals surface area contributed by atoms with Gasteiger partial charge >= 0.3 is 0 Å². The maximum Gasteiger partial charge on any atom is 0.182 e. The highest BCUT2D eigenvalue weighted by molar-refractivity contribution is 5.82. The molecule has 0 atom stereocenters. The lowest BCUT2D eigenvalue weighted by molar-refractivity contribution is 0.492. The minimum absolute atomic E-state index is 0.00755. The summed E-state index contributed by atoms with van der Waals surface area (Å²) in [5.41, 5.74) is 7.44. The third-order valence-corrected chi connectivity index (χ3v) is 3.56. The number of aromatic nitrogens is 4. The molecule has 1 aliphatic carbocycles. The summed E-state index contributed by atoms with van der Waals surface area (Å²) in [6.07, 6.45) is 7.81. The molecule has 1 aliphatic rings. The number of nitrogens with zero attached hydrogens (tertiary/aromatic N) is 3. The molecule has 3 rings (SSSR count). The zero-order chi connectivity index (χ0) is 11.7. The van der Waals surface area contributed by atoms with Crippen LogP contribution in [0.4, 0.5) is 5.82 Å². The van der Waals surface area contributed by atoms with E-state index in [2.05, 4.69) is 25.3 Å². The number of fused-ring (bicyclic) bond motifs is 1. The maximum absolute atomic E-state index is 5.90. The first-order valence-electron chi connectivity index (χ1n) is 5.95. The molecule has 2 heterocycles. The highest BCUT2D eigenvalue weighted by atomic mass is 15.1. The number of aromatic amines is 1. The van der Waals surface area contributed by atoms with Crippen molar-refractivity contribution in [3.05, 3.63) is 12.7 Å². The first-order chi connectivity index (χ1) is 8.33. The van der Waals surface area contributed by atoms with Gasteiger partial charge in [-0.3, -0.25) is 0 Å². The molecule has 0 radical (unpaired) electrons. The van der Waals surface area contributed by atoms with Crippen LogP contribution in [-0.4, -0.2) is 32.0 Å². The Kier molecular flexibility index (Phi) is 2.44. The normalized spacial score (nSPS) is 18.6. The molecule has 17 heavy (non-hydrogen) atoms. The summed E-state index contributed by atoms with van der Waals surface area (Å²) in [6.45, 7) is 0.632. The van der Waals surface area contributed by atoms with Crippen molar-refractivity contribution >= 4 is 17.0 Å². The molecule has 6 heteroatoms. The molecule has 1 fully saturated rings. The Morgan fingerprint density at radius 3 is 2.88 bits per heavy atom. The molecule has 0 spiro atoms. The molecule has 0 saturated heterocycles. The predicted molar refractivity (Wildman–Crippen MR) is 65.6 cm³/mol. The minimum Gasteiger partial charge on any atom is -0.361 e. The first kappa shape index (κ1) is 10.5. The van der Waals surface area contributed by atoms with Crippen molar-refractivity contribution in [2.75, 3.05) is 11.9 Å². The molecule has 0 aromatic carbocycles. The third-order valence-electron chi connectivity index (χ3n) is 3.56. The lowest BCUT2D eigenvalue weighted by Crippen LogP contribution is -2.43. The lowest BCUT2D eigenvalue weighted by atomic mass is 9.98. The van der Waals surface area contributed by atoms with Crippen molar-refractivity contribution in [1.29, 1.82) is 0 Å². The molecule has 2 aromatic heterocycles. The summed E-state index contributed by atoms with van der Waals surface area (Å²) in [4.78, 5) is 15.6. The fourth-order valence-electron chi connectivity index (χ4n) is 2.54. The average molecular weight is 232 g/mol. The van der Waals surface area contributed by atoms with Crippen LogP contribution in [0.2, 0.25) is 0 Å². The topological polar surface area (TPSA) is 92.5 Å². The van der Waals surface area contributed by atoms with E-state index in [1.807, 2.05) is 0 Å². The maximum atomic E-state index is 5.90. The van der Waals surface area contributed by atoms with Crippen molar-refractivity contribution in [3.8, 4) is 0 Å². The van der Waals surface area contributed by atoms with Gasteiger partial charge in [0.25, 0.3) is 0 Å². The quantitative estimate of drug-likeness (QED) is 0.735. The smallest absolute Gasteiger partial charge is 0.182 e. The van der Waals surface area contributed by atoms with E-state index in [0.717, 1.165) is 24.2 Å². The second kappa shape index (κ2) is 3.96. The Hall–Kier alpha value is -1.69. The fraction of sp³-hybridized carbons (Fsp3) is 0.545. The minimum atomic E-state index is -0.00755. The Morgan fingerprint density at radius 1 is 1.29 bits per heavy atom. The van der Waals surface area contributed by atoms with E-state index in [-0.39, 0.29) is 5.54 Å². The number of hydrogen-bond donors (Lipinski definition) is 3. The van der Waals surface area contributed by atoms with Crippen LogP contribution in [-0.2, 0) is 0 Å². The van der Waals surface area contributed by atoms with Gasteiger partial charge in [-0.25, -0.2) is 15.0 Å². The van der Waals surface area contributed by atoms with Crippen molar-refractivity contribution < 1.29 is 0 Å². The van der Waals surface area contributed by atoms with Crippen molar-refractivity contribution in [2.45, 2.75) is 31.2 Å². The summed E-state index contributed by atoms with van der Waals surface area (Å²) < 4.78 is 0. The van der Waals surface area contributed by atoms with Crippen LogP contribution in [0.3, 0.4) is 0 Å². The van der Waals surface area contributed by atoms with Crippen LogP contribution in [0, 0.1) is 0 Å². The second-order valence-corrected chi connectivity index (χ2v) is 4.64. The zero-order valence-corrected chi connectivity index (χ0v) is 9.61. The molecule has 0 unspecified atom stereocenters. The monoisotopic (exact) mass is 232 g/mol. The van der Waals surface area contributed by atoms with Gasteiger partial charge < -0.3 is 16.0 Å². The van der Waals surface area contributed by atoms with Crippen molar-refractivity contribution in [1.82, 2.24) is 19.9 Å². The van der Waals surface area contributed by atoms with E-state index >= 15 is 0 Å². The molecular formula is C11H16N6. The van der Waals surface area contributed by atoms with Crippen LogP contribution in [0.15, 0.2) is 12.7 Å². The first-order valence-corrected chi connectivity index (χ1v) is 5.95. The fourth-order valence-corrected chi connectivity index (χ4v) is 2.54. The summed E-state index contributed by atoms with van der Waals surface area (Å²) >= 11 is 0. The SMILES string of the molecule is NCC1(Nc2ncnc3nc[nH]c23)CCCC1. The molecule has 2 aromatic rings. The van der Waals surface area contributed by atoms with Gasteiger partial charge in [-0.05, 0) is 12.8 Å². The summed E-state index contributed by atoms with van der Waals surface area (Å²) in [5, 5.41) is 3.49. The van der Waals surface area contributed by atoms with Gasteiger partial charge in [-0.1, -0.05) is 12.8 Å². The van der Waals surface area contributed by atoms with Gasteiger partial charge in [0.1, 0.15) is 11.8 Å². The van der Waals surface area contributed by atoms with Crippen LogP contribution < -0.4 is 11.1 Å². The van der Waals surface area contributed by atoms with Crippen LogP contribution in [0.1, 0.15) is 25.7 Å². The number of rotatable bonds is 3. The Morgan fingerprint density at radius 2 is 2.12 bits per heavy atom. The molecule has 4 N–H and O–H groups in total.